The molecule has 0 N–H and O–H groups in total. The maximum atomic E-state index is 9.85. The predicted octanol–water partition coefficient (Wildman–Crippen LogP) is 14.6. The van der Waals surface area contributed by atoms with Crippen LogP contribution in [0, 0.1) is 0 Å². The SMILES string of the molecule is [2H]c1c([2H])c(N(c2ccc(-c3ccccc3)cc2)c2c([2H])c([2H])c(-c3c(-c4ccccc4)ccc4ccccc34)c([2H])c2[2H])c(-c2ccccc2)c([2H])c1-c1ccccc1. The quantitative estimate of drug-likeness (QED) is 0.154. The van der Waals surface area contributed by atoms with Crippen LogP contribution in [0.3, 0.4) is 0 Å². The summed E-state index contributed by atoms with van der Waals surface area (Å²) >= 11 is 0. The molecule has 0 aliphatic rings. The van der Waals surface area contributed by atoms with Crippen LogP contribution >= 0.6 is 0 Å². The van der Waals surface area contributed by atoms with E-state index >= 15 is 0 Å². The largest absolute Gasteiger partial charge is 0.310 e. The summed E-state index contributed by atoms with van der Waals surface area (Å²) in [6.45, 7) is 0. The standard InChI is InChI=1S/C52H37N/c1-5-15-38(16-6-1)40-25-31-46(32-26-40)53(51-36-30-45(39-17-7-2-8-18-39)37-50(51)42-21-11-4-12-22-42)47-33-27-44(28-34-47)52-48-24-14-13-23-43(48)29-35-49(52)41-19-9-3-10-20-41/h1-37H/i27D,28D,30D,33D,34D,36D,37D. The van der Waals surface area contributed by atoms with Gasteiger partial charge in [0.2, 0.25) is 0 Å². The maximum absolute atomic E-state index is 9.85. The van der Waals surface area contributed by atoms with Crippen LogP contribution in [0.15, 0.2) is 224 Å². The maximum Gasteiger partial charge on any atom is 0.0645 e. The third-order valence-corrected chi connectivity index (χ3v) is 9.47. The van der Waals surface area contributed by atoms with Gasteiger partial charge in [-0.25, -0.2) is 0 Å². The van der Waals surface area contributed by atoms with Gasteiger partial charge in [-0.15, -0.1) is 0 Å². The number of anilines is 3. The summed E-state index contributed by atoms with van der Waals surface area (Å²) in [6.07, 6.45) is 0. The molecule has 0 spiro atoms. The van der Waals surface area contributed by atoms with Gasteiger partial charge in [-0.3, -0.25) is 0 Å². The highest BCUT2D eigenvalue weighted by Gasteiger charge is 2.20. The van der Waals surface area contributed by atoms with Crippen LogP contribution in [0.5, 0.6) is 0 Å². The van der Waals surface area contributed by atoms with Crippen molar-refractivity contribution in [2.24, 2.45) is 0 Å². The molecule has 250 valence electrons. The third-order valence-electron chi connectivity index (χ3n) is 9.47. The number of rotatable bonds is 8. The molecule has 0 heterocycles. The second-order valence-corrected chi connectivity index (χ2v) is 12.8. The molecule has 9 aromatic carbocycles. The van der Waals surface area contributed by atoms with E-state index in [-0.39, 0.29) is 64.8 Å². The first-order valence-corrected chi connectivity index (χ1v) is 17.6. The Morgan fingerprint density at radius 1 is 0.321 bits per heavy atom. The second-order valence-electron chi connectivity index (χ2n) is 12.8. The summed E-state index contributed by atoms with van der Waals surface area (Å²) in [5.41, 5.74) is 6.53. The molecule has 0 saturated carbocycles. The van der Waals surface area contributed by atoms with Gasteiger partial charge in [-0.2, -0.15) is 0 Å². The van der Waals surface area contributed by atoms with Gasteiger partial charge < -0.3 is 4.90 Å². The molecule has 0 radical (unpaired) electrons. The van der Waals surface area contributed by atoms with E-state index in [2.05, 4.69) is 0 Å². The fraction of sp³-hybridized carbons (Fsp3) is 0. The van der Waals surface area contributed by atoms with Gasteiger partial charge in [0, 0.05) is 16.9 Å². The van der Waals surface area contributed by atoms with Gasteiger partial charge >= 0.3 is 0 Å². The molecule has 0 fully saturated rings. The van der Waals surface area contributed by atoms with Crippen molar-refractivity contribution in [3.63, 3.8) is 0 Å². The highest BCUT2D eigenvalue weighted by atomic mass is 15.1. The fourth-order valence-electron chi connectivity index (χ4n) is 6.88. The van der Waals surface area contributed by atoms with E-state index in [1.54, 1.807) is 4.90 Å². The van der Waals surface area contributed by atoms with Gasteiger partial charge in [0.05, 0.1) is 15.3 Å². The van der Waals surface area contributed by atoms with Gasteiger partial charge in [0.15, 0.2) is 0 Å². The Balaban J connectivity index is 1.37. The Kier molecular flexibility index (Phi) is 6.78. The van der Waals surface area contributed by atoms with E-state index < -0.39 is 0 Å². The average molecular weight is 683 g/mol. The van der Waals surface area contributed by atoms with Crippen LogP contribution in [-0.2, 0) is 0 Å². The van der Waals surface area contributed by atoms with Crippen LogP contribution in [0.25, 0.3) is 66.4 Å². The molecular formula is C52H37N. The molecule has 0 unspecified atom stereocenters. The minimum Gasteiger partial charge on any atom is -0.310 e. The lowest BCUT2D eigenvalue weighted by Gasteiger charge is -2.29. The Hall–Kier alpha value is -6.96. The first-order chi connectivity index (χ1) is 29.2. The highest BCUT2D eigenvalue weighted by molar-refractivity contribution is 6.04. The van der Waals surface area contributed by atoms with Crippen LogP contribution in [0.2, 0.25) is 0 Å². The molecule has 0 aromatic heterocycles. The molecule has 0 bridgehead atoms. The minimum atomic E-state index is -0.325. The predicted molar refractivity (Wildman–Crippen MR) is 226 cm³/mol. The molecule has 0 atom stereocenters. The topological polar surface area (TPSA) is 3.24 Å². The zero-order chi connectivity index (χ0) is 41.5. The summed E-state index contributed by atoms with van der Waals surface area (Å²) in [4.78, 5) is 1.55. The molecule has 0 saturated heterocycles. The Morgan fingerprint density at radius 3 is 1.43 bits per heavy atom. The summed E-state index contributed by atoms with van der Waals surface area (Å²) in [7, 11) is 0. The second kappa shape index (κ2) is 14.3. The number of fused-ring (bicyclic) bond motifs is 1. The van der Waals surface area contributed by atoms with Crippen molar-refractivity contribution in [2.75, 3.05) is 4.90 Å². The molecule has 1 nitrogen and oxygen atoms in total. The Labute approximate surface area is 321 Å². The van der Waals surface area contributed by atoms with Gasteiger partial charge in [-0.1, -0.05) is 188 Å². The zero-order valence-corrected chi connectivity index (χ0v) is 28.8. The van der Waals surface area contributed by atoms with Crippen LogP contribution in [0.4, 0.5) is 17.1 Å². The van der Waals surface area contributed by atoms with E-state index in [1.807, 2.05) is 182 Å². The van der Waals surface area contributed by atoms with E-state index in [0.29, 0.717) is 27.9 Å². The van der Waals surface area contributed by atoms with Crippen LogP contribution in [0.1, 0.15) is 9.60 Å². The minimum absolute atomic E-state index is 0.00411. The summed E-state index contributed by atoms with van der Waals surface area (Å²) in [5, 5.41) is 1.68. The van der Waals surface area contributed by atoms with Crippen LogP contribution < -0.4 is 4.90 Å². The molecule has 0 aliphatic heterocycles. The molecular weight excluding hydrogens is 639 g/mol. The number of benzene rings is 9. The van der Waals surface area contributed by atoms with Crippen molar-refractivity contribution in [1.82, 2.24) is 0 Å². The first-order valence-electron chi connectivity index (χ1n) is 21.1. The van der Waals surface area contributed by atoms with Crippen molar-refractivity contribution in [3.8, 4) is 55.6 Å². The molecule has 0 amide bonds. The van der Waals surface area contributed by atoms with Gasteiger partial charge in [0.1, 0.15) is 0 Å². The molecule has 1 heteroatoms. The smallest absolute Gasteiger partial charge is 0.0645 e. The van der Waals surface area contributed by atoms with Crippen molar-refractivity contribution < 1.29 is 9.60 Å². The summed E-state index contributed by atoms with van der Waals surface area (Å²) in [6, 6.07) is 55.6. The summed E-state index contributed by atoms with van der Waals surface area (Å²) in [5.74, 6) is 0. The lowest BCUT2D eigenvalue weighted by Crippen LogP contribution is -2.11. The van der Waals surface area contributed by atoms with E-state index in [0.717, 1.165) is 33.0 Å². The average Bonchev–Trinajstić information content (AvgIpc) is 3.30. The highest BCUT2D eigenvalue weighted by Crippen LogP contribution is 2.45. The first kappa shape index (κ1) is 25.1. The normalized spacial score (nSPS) is 12.9. The lowest BCUT2D eigenvalue weighted by atomic mass is 9.89. The van der Waals surface area contributed by atoms with E-state index in [1.165, 1.54) is 0 Å². The fourth-order valence-corrected chi connectivity index (χ4v) is 6.88. The monoisotopic (exact) mass is 682 g/mol. The zero-order valence-electron chi connectivity index (χ0n) is 35.8. The number of hydrogen-bond acceptors (Lipinski definition) is 1. The molecule has 53 heavy (non-hydrogen) atoms. The van der Waals surface area contributed by atoms with E-state index in [9.17, 15) is 9.60 Å². The summed E-state index contributed by atoms with van der Waals surface area (Å²) < 4.78 is 68.3. The molecule has 9 aromatic rings. The molecule has 9 rings (SSSR count). The Bertz CT molecular complexity index is 3000. The number of hydrogen-bond donors (Lipinski definition) is 0. The third kappa shape index (κ3) is 6.42. The van der Waals surface area contributed by atoms with Crippen molar-refractivity contribution >= 4 is 27.8 Å². The van der Waals surface area contributed by atoms with Crippen molar-refractivity contribution in [2.45, 2.75) is 0 Å². The van der Waals surface area contributed by atoms with Gasteiger partial charge in [-0.05, 0) is 97.1 Å². The Morgan fingerprint density at radius 2 is 0.811 bits per heavy atom. The van der Waals surface area contributed by atoms with E-state index in [4.69, 9.17) is 0 Å². The van der Waals surface area contributed by atoms with Crippen molar-refractivity contribution in [3.05, 3.63) is 224 Å². The number of nitrogens with zero attached hydrogens (tertiary/aromatic N) is 1. The van der Waals surface area contributed by atoms with Gasteiger partial charge in [0.25, 0.3) is 0 Å². The lowest BCUT2D eigenvalue weighted by molar-refractivity contribution is 1.28. The van der Waals surface area contributed by atoms with Crippen molar-refractivity contribution in [1.29, 1.82) is 0 Å². The molecule has 0 aliphatic carbocycles. The van der Waals surface area contributed by atoms with Crippen LogP contribution in [-0.4, -0.2) is 0 Å².